The van der Waals surface area contributed by atoms with Gasteiger partial charge in [0.25, 0.3) is 5.69 Å². The second-order valence-corrected chi connectivity index (χ2v) is 5.00. The van der Waals surface area contributed by atoms with E-state index < -0.39 is 4.92 Å². The standard InChI is InChI=1S/C17H17N3O2/c1-2-14(15-6-4-3-5-7-15)12-19-16-9-8-13(11-18)10-17(16)20(21)22/h3-10,14,19H,2,12H2,1H3. The number of benzene rings is 2. The maximum absolute atomic E-state index is 11.1. The summed E-state index contributed by atoms with van der Waals surface area (Å²) in [5.74, 6) is 0.274. The number of nitrogens with one attached hydrogen (secondary N) is 1. The molecule has 1 unspecified atom stereocenters. The van der Waals surface area contributed by atoms with Gasteiger partial charge in [-0.1, -0.05) is 37.3 Å². The quantitative estimate of drug-likeness (QED) is 0.643. The van der Waals surface area contributed by atoms with Crippen LogP contribution in [0.4, 0.5) is 11.4 Å². The predicted octanol–water partition coefficient (Wildman–Crippen LogP) is 4.07. The number of anilines is 1. The number of hydrogen-bond acceptors (Lipinski definition) is 4. The third-order valence-electron chi connectivity index (χ3n) is 3.63. The molecular weight excluding hydrogens is 278 g/mol. The molecule has 2 aromatic carbocycles. The molecule has 22 heavy (non-hydrogen) atoms. The number of nitriles is 1. The number of nitro benzene ring substituents is 1. The largest absolute Gasteiger partial charge is 0.379 e. The molecule has 0 saturated carbocycles. The average Bonchev–Trinajstić information content (AvgIpc) is 2.56. The van der Waals surface area contributed by atoms with E-state index in [0.29, 0.717) is 12.2 Å². The van der Waals surface area contributed by atoms with Crippen molar-refractivity contribution in [2.75, 3.05) is 11.9 Å². The molecule has 0 fully saturated rings. The maximum atomic E-state index is 11.1. The van der Waals surface area contributed by atoms with Crippen molar-refractivity contribution in [1.82, 2.24) is 0 Å². The van der Waals surface area contributed by atoms with Gasteiger partial charge in [0, 0.05) is 18.5 Å². The van der Waals surface area contributed by atoms with Crippen LogP contribution in [-0.2, 0) is 0 Å². The third-order valence-corrected chi connectivity index (χ3v) is 3.63. The van der Waals surface area contributed by atoms with E-state index >= 15 is 0 Å². The Kier molecular flexibility index (Phi) is 5.10. The smallest absolute Gasteiger partial charge is 0.293 e. The van der Waals surface area contributed by atoms with Gasteiger partial charge in [0.15, 0.2) is 0 Å². The fourth-order valence-corrected chi connectivity index (χ4v) is 2.36. The molecule has 1 N–H and O–H groups in total. The van der Waals surface area contributed by atoms with E-state index in [0.717, 1.165) is 6.42 Å². The fourth-order valence-electron chi connectivity index (χ4n) is 2.36. The molecule has 0 bridgehead atoms. The summed E-state index contributed by atoms with van der Waals surface area (Å²) in [6.45, 7) is 2.69. The van der Waals surface area contributed by atoms with Crippen molar-refractivity contribution in [2.45, 2.75) is 19.3 Å². The van der Waals surface area contributed by atoms with E-state index in [-0.39, 0.29) is 17.2 Å². The highest BCUT2D eigenvalue weighted by Gasteiger charge is 2.16. The molecule has 0 saturated heterocycles. The van der Waals surface area contributed by atoms with Gasteiger partial charge >= 0.3 is 0 Å². The molecule has 112 valence electrons. The Morgan fingerprint density at radius 1 is 1.27 bits per heavy atom. The summed E-state index contributed by atoms with van der Waals surface area (Å²) < 4.78 is 0. The summed E-state index contributed by atoms with van der Waals surface area (Å²) in [4.78, 5) is 10.7. The molecule has 2 rings (SSSR count). The van der Waals surface area contributed by atoms with Crippen molar-refractivity contribution in [3.05, 3.63) is 69.8 Å². The Hall–Kier alpha value is -2.87. The van der Waals surface area contributed by atoms with Gasteiger partial charge in [-0.25, -0.2) is 0 Å². The van der Waals surface area contributed by atoms with Crippen LogP contribution in [0.15, 0.2) is 48.5 Å². The van der Waals surface area contributed by atoms with Gasteiger partial charge in [0.05, 0.1) is 16.6 Å². The van der Waals surface area contributed by atoms with Gasteiger partial charge in [-0.2, -0.15) is 5.26 Å². The molecule has 5 nitrogen and oxygen atoms in total. The Bertz CT molecular complexity index is 693. The van der Waals surface area contributed by atoms with Crippen molar-refractivity contribution in [2.24, 2.45) is 0 Å². The lowest BCUT2D eigenvalue weighted by molar-refractivity contribution is -0.384. The van der Waals surface area contributed by atoms with Crippen LogP contribution in [0.3, 0.4) is 0 Å². The Morgan fingerprint density at radius 2 is 2.00 bits per heavy atom. The highest BCUT2D eigenvalue weighted by molar-refractivity contribution is 5.64. The van der Waals surface area contributed by atoms with Crippen molar-refractivity contribution in [3.63, 3.8) is 0 Å². The number of hydrogen-bond donors (Lipinski definition) is 1. The number of nitrogens with zero attached hydrogens (tertiary/aromatic N) is 2. The second-order valence-electron chi connectivity index (χ2n) is 5.00. The molecule has 2 aromatic rings. The molecule has 0 spiro atoms. The summed E-state index contributed by atoms with van der Waals surface area (Å²) in [6, 6.07) is 16.5. The first-order chi connectivity index (χ1) is 10.7. The molecular formula is C17H17N3O2. The van der Waals surface area contributed by atoms with Crippen molar-refractivity contribution in [1.29, 1.82) is 5.26 Å². The van der Waals surface area contributed by atoms with Gasteiger partial charge in [-0.05, 0) is 24.1 Å². The van der Waals surface area contributed by atoms with Crippen LogP contribution in [0.1, 0.15) is 30.4 Å². The van der Waals surface area contributed by atoms with E-state index in [9.17, 15) is 10.1 Å². The zero-order valence-electron chi connectivity index (χ0n) is 12.3. The second kappa shape index (κ2) is 7.23. The van der Waals surface area contributed by atoms with Crippen LogP contribution in [0.2, 0.25) is 0 Å². The van der Waals surface area contributed by atoms with E-state index in [2.05, 4.69) is 24.4 Å². The van der Waals surface area contributed by atoms with Crippen LogP contribution in [0.25, 0.3) is 0 Å². The molecule has 5 heteroatoms. The number of nitro groups is 1. The SMILES string of the molecule is CCC(CNc1ccc(C#N)cc1[N+](=O)[O-])c1ccccc1. The zero-order chi connectivity index (χ0) is 15.9. The van der Waals surface area contributed by atoms with Crippen molar-refractivity contribution in [3.8, 4) is 6.07 Å². The molecule has 0 aliphatic rings. The highest BCUT2D eigenvalue weighted by Crippen LogP contribution is 2.27. The van der Waals surface area contributed by atoms with E-state index in [4.69, 9.17) is 5.26 Å². The molecule has 0 aliphatic heterocycles. The van der Waals surface area contributed by atoms with Crippen LogP contribution < -0.4 is 5.32 Å². The van der Waals surface area contributed by atoms with Gasteiger partial charge in [-0.3, -0.25) is 10.1 Å². The van der Waals surface area contributed by atoms with E-state index in [1.54, 1.807) is 12.1 Å². The van der Waals surface area contributed by atoms with Crippen molar-refractivity contribution < 1.29 is 4.92 Å². The minimum absolute atomic E-state index is 0.0676. The minimum Gasteiger partial charge on any atom is -0.379 e. The topological polar surface area (TPSA) is 79.0 Å². The van der Waals surface area contributed by atoms with E-state index in [1.807, 2.05) is 24.3 Å². The fraction of sp³-hybridized carbons (Fsp3) is 0.235. The van der Waals surface area contributed by atoms with Crippen molar-refractivity contribution >= 4 is 11.4 Å². The van der Waals surface area contributed by atoms with Gasteiger partial charge < -0.3 is 5.32 Å². The molecule has 1 atom stereocenters. The predicted molar refractivity (Wildman–Crippen MR) is 85.8 cm³/mol. The maximum Gasteiger partial charge on any atom is 0.293 e. The van der Waals surface area contributed by atoms with Gasteiger partial charge in [0.1, 0.15) is 5.69 Å². The normalized spacial score (nSPS) is 11.5. The molecule has 0 radical (unpaired) electrons. The average molecular weight is 295 g/mol. The zero-order valence-corrected chi connectivity index (χ0v) is 12.3. The van der Waals surface area contributed by atoms with Crippen LogP contribution in [0.5, 0.6) is 0 Å². The van der Waals surface area contributed by atoms with E-state index in [1.165, 1.54) is 11.6 Å². The monoisotopic (exact) mass is 295 g/mol. The lowest BCUT2D eigenvalue weighted by atomic mass is 9.96. The molecule has 0 aliphatic carbocycles. The third kappa shape index (κ3) is 3.61. The summed E-state index contributed by atoms with van der Waals surface area (Å²) in [5.41, 5.74) is 1.86. The first-order valence-corrected chi connectivity index (χ1v) is 7.13. The molecule has 0 aromatic heterocycles. The lowest BCUT2D eigenvalue weighted by Gasteiger charge is -2.17. The summed E-state index contributed by atoms with van der Waals surface area (Å²) >= 11 is 0. The Morgan fingerprint density at radius 3 is 2.59 bits per heavy atom. The lowest BCUT2D eigenvalue weighted by Crippen LogP contribution is -2.13. The first kappa shape index (κ1) is 15.5. The molecule has 0 heterocycles. The summed E-state index contributed by atoms with van der Waals surface area (Å²) in [6.07, 6.45) is 0.932. The van der Waals surface area contributed by atoms with Gasteiger partial charge in [-0.15, -0.1) is 0 Å². The molecule has 0 amide bonds. The minimum atomic E-state index is -0.466. The van der Waals surface area contributed by atoms with Gasteiger partial charge in [0.2, 0.25) is 0 Å². The Labute approximate surface area is 129 Å². The summed E-state index contributed by atoms with van der Waals surface area (Å²) in [5, 5.41) is 23.1. The summed E-state index contributed by atoms with van der Waals surface area (Å²) in [7, 11) is 0. The van der Waals surface area contributed by atoms with Crippen LogP contribution in [0, 0.1) is 21.4 Å². The Balaban J connectivity index is 2.17. The highest BCUT2D eigenvalue weighted by atomic mass is 16.6. The van der Waals surface area contributed by atoms with Crippen LogP contribution in [-0.4, -0.2) is 11.5 Å². The van der Waals surface area contributed by atoms with Crippen LogP contribution >= 0.6 is 0 Å². The first-order valence-electron chi connectivity index (χ1n) is 7.13. The number of rotatable bonds is 6.